The molecule has 45 heavy (non-hydrogen) atoms. The van der Waals surface area contributed by atoms with Crippen LogP contribution in [0.15, 0.2) is 75.9 Å². The topological polar surface area (TPSA) is 79.6 Å². The van der Waals surface area contributed by atoms with Crippen molar-refractivity contribution in [1.82, 2.24) is 10.2 Å². The van der Waals surface area contributed by atoms with Crippen molar-refractivity contribution in [2.45, 2.75) is 43.7 Å². The van der Waals surface area contributed by atoms with Crippen molar-refractivity contribution in [2.24, 2.45) is 0 Å². The lowest BCUT2D eigenvalue weighted by Gasteiger charge is -2.40. The van der Waals surface area contributed by atoms with Gasteiger partial charge >= 0.3 is 12.4 Å². The van der Waals surface area contributed by atoms with E-state index in [0.29, 0.717) is 22.7 Å². The second-order valence-electron chi connectivity index (χ2n) is 10.6. The van der Waals surface area contributed by atoms with Crippen LogP contribution in [0.25, 0.3) is 11.0 Å². The first-order valence-electron chi connectivity index (χ1n) is 13.5. The molecule has 1 saturated heterocycles. The number of halogens is 8. The first-order valence-corrected chi connectivity index (χ1v) is 14.2. The van der Waals surface area contributed by atoms with Crippen molar-refractivity contribution in [3.63, 3.8) is 0 Å². The molecule has 4 aromatic rings. The Balaban J connectivity index is 1.43. The number of likely N-dealkylation sites (tertiary alicyclic amines) is 1. The molecule has 0 bridgehead atoms. The van der Waals surface area contributed by atoms with Crippen LogP contribution >= 0.6 is 23.2 Å². The van der Waals surface area contributed by atoms with Crippen LogP contribution in [0.2, 0.25) is 10.0 Å². The third-order valence-corrected chi connectivity index (χ3v) is 7.93. The van der Waals surface area contributed by atoms with Gasteiger partial charge in [-0.05, 0) is 67.3 Å². The fraction of sp³-hybridized carbons (Fsp3) is 0.258. The number of nitrogens with zero attached hydrogens (tertiary/aromatic N) is 1. The third-order valence-electron chi connectivity index (χ3n) is 7.45. The molecule has 0 saturated carbocycles. The predicted octanol–water partition coefficient (Wildman–Crippen LogP) is 7.78. The summed E-state index contributed by atoms with van der Waals surface area (Å²) in [5, 5.41) is 3.70. The Morgan fingerprint density at radius 2 is 1.49 bits per heavy atom. The molecule has 1 aromatic heterocycles. The normalized spacial score (nSPS) is 17.4. The number of hydrogen-bond acceptors (Lipinski definition) is 4. The number of carbonyl (C=O) groups is 2. The van der Waals surface area contributed by atoms with Crippen molar-refractivity contribution in [2.75, 3.05) is 6.54 Å². The van der Waals surface area contributed by atoms with Crippen molar-refractivity contribution in [3.8, 4) is 0 Å². The van der Waals surface area contributed by atoms with Crippen LogP contribution in [0.5, 0.6) is 0 Å². The summed E-state index contributed by atoms with van der Waals surface area (Å²) in [5.41, 5.74) is -3.66. The number of carbonyl (C=O) groups excluding carboxylic acids is 2. The lowest BCUT2D eigenvalue weighted by Crippen LogP contribution is -2.52. The quantitative estimate of drug-likeness (QED) is 0.220. The molecular formula is C31H22Cl2F6N2O4. The zero-order chi connectivity index (χ0) is 32.7. The largest absolute Gasteiger partial charge is 0.451 e. The number of rotatable bonds is 5. The smallest absolute Gasteiger partial charge is 0.416 e. The van der Waals surface area contributed by atoms with Crippen LogP contribution in [0.3, 0.4) is 0 Å². The highest BCUT2D eigenvalue weighted by molar-refractivity contribution is 6.31. The molecule has 6 nitrogen and oxygen atoms in total. The molecule has 0 unspecified atom stereocenters. The maximum Gasteiger partial charge on any atom is 0.416 e. The Kier molecular flexibility index (Phi) is 8.92. The van der Waals surface area contributed by atoms with Gasteiger partial charge in [0.15, 0.2) is 11.2 Å². The fourth-order valence-electron chi connectivity index (χ4n) is 5.28. The van der Waals surface area contributed by atoms with E-state index in [9.17, 15) is 40.7 Å². The summed E-state index contributed by atoms with van der Waals surface area (Å²) in [4.78, 5) is 40.4. The van der Waals surface area contributed by atoms with Gasteiger partial charge in [-0.25, -0.2) is 0 Å². The van der Waals surface area contributed by atoms with Gasteiger partial charge in [-0.15, -0.1) is 0 Å². The molecule has 2 amide bonds. The third kappa shape index (κ3) is 7.45. The number of nitrogens with one attached hydrogen (secondary N) is 1. The number of hydrogen-bond donors (Lipinski definition) is 1. The summed E-state index contributed by atoms with van der Waals surface area (Å²) in [6.07, 6.45) is -9.89. The van der Waals surface area contributed by atoms with Gasteiger partial charge in [0.2, 0.25) is 0 Å². The highest BCUT2D eigenvalue weighted by Gasteiger charge is 2.39. The summed E-state index contributed by atoms with van der Waals surface area (Å²) in [7, 11) is 0. The van der Waals surface area contributed by atoms with E-state index < -0.39 is 58.4 Å². The van der Waals surface area contributed by atoms with Gasteiger partial charge in [0.1, 0.15) is 5.58 Å². The minimum atomic E-state index is -5.13. The average Bonchev–Trinajstić information content (AvgIpc) is 2.96. The van der Waals surface area contributed by atoms with E-state index in [1.807, 2.05) is 0 Å². The summed E-state index contributed by atoms with van der Waals surface area (Å²) >= 11 is 12.0. The predicted molar refractivity (Wildman–Crippen MR) is 154 cm³/mol. The van der Waals surface area contributed by atoms with Crippen molar-refractivity contribution < 1.29 is 40.3 Å². The standard InChI is InChI=1S/C31H22Cl2F6N2O4/c32-20-3-1-16(2-4-20)9-23-14-22(40-28(43)27-15-25(42)24-6-5-21(33)13-26(24)45-27)7-8-41(23)29(44)17-10-18(30(34,35)36)12-19(11-17)31(37,38)39/h1-6,10-13,15,22-23H,7-9,14H2,(H,40,43)/t22-,23+/m0/s1. The molecule has 0 aliphatic carbocycles. The Morgan fingerprint density at radius 3 is 2.11 bits per heavy atom. The van der Waals surface area contributed by atoms with E-state index in [4.69, 9.17) is 27.6 Å². The first-order chi connectivity index (χ1) is 21.1. The molecule has 2 atom stereocenters. The lowest BCUT2D eigenvalue weighted by atomic mass is 9.91. The van der Waals surface area contributed by atoms with Gasteiger partial charge in [-0.3, -0.25) is 14.4 Å². The first kappa shape index (κ1) is 32.4. The van der Waals surface area contributed by atoms with Crippen LogP contribution in [0, 0.1) is 0 Å². The molecule has 2 heterocycles. The maximum absolute atomic E-state index is 13.6. The molecule has 236 valence electrons. The van der Waals surface area contributed by atoms with E-state index in [-0.39, 0.29) is 53.6 Å². The number of amides is 2. The van der Waals surface area contributed by atoms with E-state index >= 15 is 0 Å². The summed E-state index contributed by atoms with van der Waals surface area (Å²) in [5.74, 6) is -2.03. The second kappa shape index (κ2) is 12.4. The maximum atomic E-state index is 13.6. The van der Waals surface area contributed by atoms with Crippen LogP contribution in [0.4, 0.5) is 26.3 Å². The van der Waals surface area contributed by atoms with Gasteiger partial charge in [0.05, 0.1) is 16.5 Å². The van der Waals surface area contributed by atoms with Gasteiger partial charge in [0, 0.05) is 46.4 Å². The summed E-state index contributed by atoms with van der Waals surface area (Å²) in [6, 6.07) is 11.4. The van der Waals surface area contributed by atoms with Crippen molar-refractivity contribution >= 4 is 46.0 Å². The SMILES string of the molecule is O=C(N[C@H]1CCN(C(=O)c2cc(C(F)(F)F)cc(C(F)(F)F)c2)[C@H](Cc2ccc(Cl)cc2)C1)c1cc(=O)c2ccc(Cl)cc2o1. The monoisotopic (exact) mass is 670 g/mol. The minimum absolute atomic E-state index is 0.0388. The zero-order valence-electron chi connectivity index (χ0n) is 22.9. The van der Waals surface area contributed by atoms with Crippen LogP contribution in [-0.4, -0.2) is 35.3 Å². The Bertz CT molecular complexity index is 1790. The Labute approximate surface area is 261 Å². The molecule has 1 aliphatic heterocycles. The molecule has 1 N–H and O–H groups in total. The highest BCUT2D eigenvalue weighted by Crippen LogP contribution is 2.37. The van der Waals surface area contributed by atoms with E-state index in [1.165, 1.54) is 23.1 Å². The second-order valence-corrected chi connectivity index (χ2v) is 11.5. The molecule has 1 fully saturated rings. The van der Waals surface area contributed by atoms with E-state index in [0.717, 1.165) is 6.07 Å². The average molecular weight is 671 g/mol. The zero-order valence-corrected chi connectivity index (χ0v) is 24.4. The Morgan fingerprint density at radius 1 is 0.867 bits per heavy atom. The molecule has 1 aliphatic rings. The minimum Gasteiger partial charge on any atom is -0.451 e. The molecule has 5 rings (SSSR count). The number of alkyl halides is 6. The summed E-state index contributed by atoms with van der Waals surface area (Å²) in [6.45, 7) is -0.100. The summed E-state index contributed by atoms with van der Waals surface area (Å²) < 4.78 is 86.6. The van der Waals surface area contributed by atoms with Crippen LogP contribution in [-0.2, 0) is 18.8 Å². The highest BCUT2D eigenvalue weighted by atomic mass is 35.5. The van der Waals surface area contributed by atoms with Crippen molar-refractivity contribution in [3.05, 3.63) is 115 Å². The fourth-order valence-corrected chi connectivity index (χ4v) is 5.57. The number of fused-ring (bicyclic) bond motifs is 1. The van der Waals surface area contributed by atoms with Gasteiger partial charge < -0.3 is 14.6 Å². The van der Waals surface area contributed by atoms with Crippen LogP contribution < -0.4 is 10.7 Å². The molecule has 0 spiro atoms. The van der Waals surface area contributed by atoms with E-state index in [2.05, 4.69) is 5.32 Å². The molecule has 0 radical (unpaired) electrons. The van der Waals surface area contributed by atoms with Crippen LogP contribution in [0.1, 0.15) is 50.4 Å². The van der Waals surface area contributed by atoms with Gasteiger partial charge in [-0.1, -0.05) is 35.3 Å². The lowest BCUT2D eigenvalue weighted by molar-refractivity contribution is -0.143. The molecular weight excluding hydrogens is 649 g/mol. The van der Waals surface area contributed by atoms with Crippen molar-refractivity contribution in [1.29, 1.82) is 0 Å². The Hall–Kier alpha value is -4.03. The molecule has 14 heteroatoms. The number of benzene rings is 3. The molecule has 3 aromatic carbocycles. The van der Waals surface area contributed by atoms with Gasteiger partial charge in [-0.2, -0.15) is 26.3 Å². The van der Waals surface area contributed by atoms with E-state index in [1.54, 1.807) is 24.3 Å². The number of piperidine rings is 1. The van der Waals surface area contributed by atoms with Gasteiger partial charge in [0.25, 0.3) is 11.8 Å².